The molecule has 0 amide bonds. The highest BCUT2D eigenvalue weighted by atomic mass is 19.1. The fourth-order valence-electron chi connectivity index (χ4n) is 3.30. The number of fused-ring (bicyclic) bond motifs is 1. The Morgan fingerprint density at radius 2 is 1.81 bits per heavy atom. The summed E-state index contributed by atoms with van der Waals surface area (Å²) in [7, 11) is 0. The van der Waals surface area contributed by atoms with Gasteiger partial charge < -0.3 is 14.6 Å². The van der Waals surface area contributed by atoms with Gasteiger partial charge in [0.2, 0.25) is 11.4 Å². The number of pyridine rings is 1. The Bertz CT molecular complexity index is 1070. The van der Waals surface area contributed by atoms with Crippen molar-refractivity contribution in [2.24, 2.45) is 0 Å². The minimum atomic E-state index is -1.34. The summed E-state index contributed by atoms with van der Waals surface area (Å²) in [6, 6.07) is 5.56. The van der Waals surface area contributed by atoms with Crippen LogP contribution in [0.2, 0.25) is 0 Å². The summed E-state index contributed by atoms with van der Waals surface area (Å²) in [5.41, 5.74) is -0.221. The zero-order valence-corrected chi connectivity index (χ0v) is 14.4. The number of carboxylic acids is 1. The van der Waals surface area contributed by atoms with E-state index in [0.29, 0.717) is 17.3 Å². The summed E-state index contributed by atoms with van der Waals surface area (Å²) in [4.78, 5) is 34.9. The largest absolute Gasteiger partial charge is 0.477 e. The first-order chi connectivity index (χ1) is 13.0. The minimum absolute atomic E-state index is 0.111. The van der Waals surface area contributed by atoms with Gasteiger partial charge in [-0.3, -0.25) is 4.79 Å². The van der Waals surface area contributed by atoms with Crippen LogP contribution in [0.3, 0.4) is 0 Å². The van der Waals surface area contributed by atoms with Crippen LogP contribution in [-0.4, -0.2) is 38.7 Å². The minimum Gasteiger partial charge on any atom is -0.477 e. The molecule has 1 N–H and O–H groups in total. The van der Waals surface area contributed by atoms with Crippen molar-refractivity contribution in [1.29, 1.82) is 0 Å². The highest BCUT2D eigenvalue weighted by molar-refractivity contribution is 5.92. The Labute approximate surface area is 153 Å². The lowest BCUT2D eigenvalue weighted by Gasteiger charge is -2.26. The molecule has 1 aliphatic rings. The maximum Gasteiger partial charge on any atom is 0.341 e. The first kappa shape index (κ1) is 17.1. The van der Waals surface area contributed by atoms with Gasteiger partial charge in [0, 0.05) is 31.2 Å². The third-order valence-electron chi connectivity index (χ3n) is 4.71. The van der Waals surface area contributed by atoms with Gasteiger partial charge in [0.15, 0.2) is 5.65 Å². The van der Waals surface area contributed by atoms with E-state index in [1.807, 2.05) is 4.90 Å². The van der Waals surface area contributed by atoms with Crippen molar-refractivity contribution < 1.29 is 14.3 Å². The van der Waals surface area contributed by atoms with E-state index in [1.54, 1.807) is 0 Å². The first-order valence-corrected chi connectivity index (χ1v) is 8.71. The molecule has 27 heavy (non-hydrogen) atoms. The zero-order chi connectivity index (χ0) is 19.0. The average molecular weight is 368 g/mol. The van der Waals surface area contributed by atoms with Gasteiger partial charge in [0.1, 0.15) is 11.4 Å². The molecule has 4 rings (SSSR count). The summed E-state index contributed by atoms with van der Waals surface area (Å²) in [6.45, 7) is 1.67. The molecule has 2 aromatic heterocycles. The van der Waals surface area contributed by atoms with E-state index < -0.39 is 17.2 Å². The second kappa shape index (κ2) is 6.79. The number of rotatable bonds is 3. The van der Waals surface area contributed by atoms with E-state index in [0.717, 1.165) is 32.4 Å². The molecule has 0 spiro atoms. The maximum absolute atomic E-state index is 13.3. The number of carbonyl (C=O) groups is 1. The van der Waals surface area contributed by atoms with E-state index in [1.165, 1.54) is 41.2 Å². The quantitative estimate of drug-likeness (QED) is 0.765. The number of aromatic nitrogens is 3. The Morgan fingerprint density at radius 3 is 2.48 bits per heavy atom. The lowest BCUT2D eigenvalue weighted by molar-refractivity contribution is 0.0695. The molecule has 0 radical (unpaired) electrons. The molecule has 138 valence electrons. The number of aromatic carboxylic acids is 1. The number of halogens is 1. The summed E-state index contributed by atoms with van der Waals surface area (Å²) in [5, 5.41) is 9.49. The summed E-state index contributed by atoms with van der Waals surface area (Å²) in [6.07, 6.45) is 5.86. The Morgan fingerprint density at radius 1 is 1.11 bits per heavy atom. The Kier molecular flexibility index (Phi) is 4.31. The van der Waals surface area contributed by atoms with Crippen LogP contribution >= 0.6 is 0 Å². The van der Waals surface area contributed by atoms with Gasteiger partial charge in [0.25, 0.3) is 0 Å². The Hall–Kier alpha value is -3.29. The number of nitrogens with zero attached hydrogens (tertiary/aromatic N) is 4. The maximum atomic E-state index is 13.3. The smallest absolute Gasteiger partial charge is 0.341 e. The third-order valence-corrected chi connectivity index (χ3v) is 4.71. The van der Waals surface area contributed by atoms with Crippen molar-refractivity contribution in [3.8, 4) is 5.69 Å². The van der Waals surface area contributed by atoms with E-state index in [9.17, 15) is 19.1 Å². The number of hydrogen-bond acceptors (Lipinski definition) is 5. The van der Waals surface area contributed by atoms with Crippen LogP contribution in [0.25, 0.3) is 16.7 Å². The number of hydrogen-bond donors (Lipinski definition) is 1. The van der Waals surface area contributed by atoms with Gasteiger partial charge in [-0.2, -0.15) is 4.98 Å². The molecular weight excluding hydrogens is 351 g/mol. The molecule has 7 nitrogen and oxygen atoms in total. The highest BCUT2D eigenvalue weighted by Crippen LogP contribution is 2.21. The molecule has 0 bridgehead atoms. The molecule has 0 atom stereocenters. The number of piperidine rings is 1. The SMILES string of the molecule is O=C(O)c1cn(-c2ccc(F)cc2)c2nc(N3CCCCC3)ncc2c1=O. The van der Waals surface area contributed by atoms with Crippen molar-refractivity contribution in [1.82, 2.24) is 14.5 Å². The van der Waals surface area contributed by atoms with Crippen molar-refractivity contribution in [2.45, 2.75) is 19.3 Å². The van der Waals surface area contributed by atoms with Crippen molar-refractivity contribution in [2.75, 3.05) is 18.0 Å². The summed E-state index contributed by atoms with van der Waals surface area (Å²) >= 11 is 0. The lowest BCUT2D eigenvalue weighted by atomic mass is 10.1. The molecule has 1 fully saturated rings. The zero-order valence-electron chi connectivity index (χ0n) is 14.4. The van der Waals surface area contributed by atoms with E-state index in [-0.39, 0.29) is 10.9 Å². The number of anilines is 1. The van der Waals surface area contributed by atoms with Gasteiger partial charge in [-0.1, -0.05) is 0 Å². The van der Waals surface area contributed by atoms with Gasteiger partial charge in [-0.15, -0.1) is 0 Å². The predicted octanol–water partition coefficient (Wildman–Crippen LogP) is 2.61. The van der Waals surface area contributed by atoms with Crippen LogP contribution in [0.5, 0.6) is 0 Å². The molecule has 0 aliphatic carbocycles. The molecular formula is C19H17FN4O3. The van der Waals surface area contributed by atoms with E-state index in [2.05, 4.69) is 9.97 Å². The molecule has 8 heteroatoms. The number of carboxylic acid groups (broad SMARTS) is 1. The normalized spacial score (nSPS) is 14.5. The van der Waals surface area contributed by atoms with Gasteiger partial charge in [-0.25, -0.2) is 14.2 Å². The predicted molar refractivity (Wildman–Crippen MR) is 98.1 cm³/mol. The van der Waals surface area contributed by atoms with Crippen LogP contribution in [0.1, 0.15) is 29.6 Å². The fraction of sp³-hybridized carbons (Fsp3) is 0.263. The highest BCUT2D eigenvalue weighted by Gasteiger charge is 2.19. The summed E-state index contributed by atoms with van der Waals surface area (Å²) in [5.74, 6) is -1.25. The number of benzene rings is 1. The topological polar surface area (TPSA) is 88.3 Å². The van der Waals surface area contributed by atoms with Crippen molar-refractivity contribution in [3.63, 3.8) is 0 Å². The molecule has 3 aromatic rings. The third kappa shape index (κ3) is 3.14. The van der Waals surface area contributed by atoms with Crippen LogP contribution in [0.15, 0.2) is 41.5 Å². The van der Waals surface area contributed by atoms with Gasteiger partial charge in [-0.05, 0) is 43.5 Å². The van der Waals surface area contributed by atoms with Crippen molar-refractivity contribution in [3.05, 3.63) is 58.3 Å². The van der Waals surface area contributed by atoms with Crippen LogP contribution in [0, 0.1) is 5.82 Å². The standard InChI is InChI=1S/C19H17FN4O3/c20-12-4-6-13(7-5-12)24-11-15(18(26)27)16(25)14-10-21-19(22-17(14)24)23-8-2-1-3-9-23/h4-7,10-11H,1-3,8-9H2,(H,26,27). The monoisotopic (exact) mass is 368 g/mol. The fourth-order valence-corrected chi connectivity index (χ4v) is 3.30. The Balaban J connectivity index is 1.96. The van der Waals surface area contributed by atoms with Crippen LogP contribution in [-0.2, 0) is 0 Å². The first-order valence-electron chi connectivity index (χ1n) is 8.71. The molecule has 1 saturated heterocycles. The van der Waals surface area contributed by atoms with E-state index >= 15 is 0 Å². The average Bonchev–Trinajstić information content (AvgIpc) is 2.69. The van der Waals surface area contributed by atoms with Gasteiger partial charge >= 0.3 is 5.97 Å². The molecule has 3 heterocycles. The lowest BCUT2D eigenvalue weighted by Crippen LogP contribution is -2.31. The van der Waals surface area contributed by atoms with E-state index in [4.69, 9.17) is 0 Å². The van der Waals surface area contributed by atoms with Crippen LogP contribution < -0.4 is 10.3 Å². The van der Waals surface area contributed by atoms with Crippen LogP contribution in [0.4, 0.5) is 10.3 Å². The summed E-state index contributed by atoms with van der Waals surface area (Å²) < 4.78 is 14.8. The van der Waals surface area contributed by atoms with Crippen molar-refractivity contribution >= 4 is 23.0 Å². The van der Waals surface area contributed by atoms with Gasteiger partial charge in [0.05, 0.1) is 5.39 Å². The molecule has 0 saturated carbocycles. The second-order valence-corrected chi connectivity index (χ2v) is 6.48. The molecule has 1 aromatic carbocycles. The molecule has 0 unspecified atom stereocenters. The molecule has 1 aliphatic heterocycles. The second-order valence-electron chi connectivity index (χ2n) is 6.48.